The standard InChI is InChI=1S/C19H22Cl2FNO/c1-11(2)10-23-19(24)18(22)12(3)4-5-13-8-15(13)14-6-7-16(20)17(21)9-14/h4-7,9,11,13,15H,8,10H2,1-3H3,(H,23,24)/b5-4+,18-12-/t13-,15-/m1/s1. The first-order chi connectivity index (χ1) is 11.3. The molecule has 1 N–H and O–H groups in total. The van der Waals surface area contributed by atoms with Crippen LogP contribution in [0.1, 0.15) is 38.7 Å². The van der Waals surface area contributed by atoms with Crippen molar-refractivity contribution in [2.24, 2.45) is 11.8 Å². The first kappa shape index (κ1) is 19.0. The maximum Gasteiger partial charge on any atom is 0.280 e. The highest BCUT2D eigenvalue weighted by molar-refractivity contribution is 6.42. The Hall–Kier alpha value is -1.32. The summed E-state index contributed by atoms with van der Waals surface area (Å²) in [4.78, 5) is 11.7. The second-order valence-corrected chi connectivity index (χ2v) is 7.45. The molecule has 0 heterocycles. The van der Waals surface area contributed by atoms with E-state index < -0.39 is 11.7 Å². The molecule has 1 saturated carbocycles. The van der Waals surface area contributed by atoms with Crippen molar-refractivity contribution in [2.75, 3.05) is 6.54 Å². The Labute approximate surface area is 152 Å². The molecular formula is C19H22Cl2FNO. The molecule has 1 aliphatic rings. The van der Waals surface area contributed by atoms with E-state index >= 15 is 0 Å². The average Bonchev–Trinajstić information content (AvgIpc) is 3.31. The summed E-state index contributed by atoms with van der Waals surface area (Å²) in [7, 11) is 0. The third kappa shape index (κ3) is 5.09. The lowest BCUT2D eigenvalue weighted by Crippen LogP contribution is -2.27. The monoisotopic (exact) mass is 369 g/mol. The Morgan fingerprint density at radius 3 is 2.71 bits per heavy atom. The maximum absolute atomic E-state index is 14.0. The number of carbonyl (C=O) groups excluding carboxylic acids is 1. The lowest BCUT2D eigenvalue weighted by molar-refractivity contribution is -0.119. The highest BCUT2D eigenvalue weighted by Crippen LogP contribution is 2.49. The molecule has 0 unspecified atom stereocenters. The van der Waals surface area contributed by atoms with Crippen LogP contribution >= 0.6 is 23.2 Å². The molecule has 130 valence electrons. The Balaban J connectivity index is 1.95. The van der Waals surface area contributed by atoms with E-state index in [2.05, 4.69) is 5.32 Å². The van der Waals surface area contributed by atoms with Gasteiger partial charge in [-0.2, -0.15) is 0 Å². The second-order valence-electron chi connectivity index (χ2n) is 6.64. The van der Waals surface area contributed by atoms with Gasteiger partial charge in [-0.1, -0.05) is 55.3 Å². The van der Waals surface area contributed by atoms with E-state index in [1.165, 1.54) is 0 Å². The summed E-state index contributed by atoms with van der Waals surface area (Å²) in [6.07, 6.45) is 4.63. The minimum atomic E-state index is -0.723. The number of rotatable bonds is 6. The fourth-order valence-corrected chi connectivity index (χ4v) is 2.75. The normalized spacial score (nSPS) is 21.1. The van der Waals surface area contributed by atoms with Crippen LogP contribution in [0.5, 0.6) is 0 Å². The van der Waals surface area contributed by atoms with Crippen molar-refractivity contribution in [1.82, 2.24) is 5.32 Å². The van der Waals surface area contributed by atoms with Crippen molar-refractivity contribution in [2.45, 2.75) is 33.1 Å². The van der Waals surface area contributed by atoms with Gasteiger partial charge in [0, 0.05) is 6.54 Å². The zero-order valence-corrected chi connectivity index (χ0v) is 15.6. The number of halogens is 3. The zero-order chi connectivity index (χ0) is 17.9. The molecule has 24 heavy (non-hydrogen) atoms. The molecule has 0 spiro atoms. The van der Waals surface area contributed by atoms with Crippen LogP contribution < -0.4 is 5.32 Å². The minimum Gasteiger partial charge on any atom is -0.350 e. The van der Waals surface area contributed by atoms with Crippen LogP contribution in [0.15, 0.2) is 41.8 Å². The Morgan fingerprint density at radius 1 is 1.38 bits per heavy atom. The van der Waals surface area contributed by atoms with E-state index in [0.717, 1.165) is 12.0 Å². The number of benzene rings is 1. The summed E-state index contributed by atoms with van der Waals surface area (Å²) in [6, 6.07) is 5.64. The third-order valence-electron chi connectivity index (χ3n) is 4.02. The number of carbonyl (C=O) groups is 1. The largest absolute Gasteiger partial charge is 0.350 e. The number of allylic oxidation sites excluding steroid dienone is 3. The van der Waals surface area contributed by atoms with Crippen molar-refractivity contribution in [3.8, 4) is 0 Å². The summed E-state index contributed by atoms with van der Waals surface area (Å²) in [6.45, 7) is 6.00. The van der Waals surface area contributed by atoms with E-state index in [4.69, 9.17) is 23.2 Å². The van der Waals surface area contributed by atoms with Gasteiger partial charge >= 0.3 is 0 Å². The van der Waals surface area contributed by atoms with Crippen LogP contribution in [0.2, 0.25) is 10.0 Å². The van der Waals surface area contributed by atoms with Crippen molar-refractivity contribution >= 4 is 29.1 Å². The minimum absolute atomic E-state index is 0.288. The van der Waals surface area contributed by atoms with Gasteiger partial charge in [-0.05, 0) is 54.4 Å². The van der Waals surface area contributed by atoms with Gasteiger partial charge in [-0.25, -0.2) is 4.39 Å². The molecule has 0 radical (unpaired) electrons. The number of hydrogen-bond acceptors (Lipinski definition) is 1. The summed E-state index contributed by atoms with van der Waals surface area (Å²) in [5.41, 5.74) is 1.48. The SMILES string of the molecule is CC(/C=C/[C@@H]1C[C@H]1c1ccc(Cl)c(Cl)c1)=C(/F)C(=O)NCC(C)C. The van der Waals surface area contributed by atoms with Crippen molar-refractivity contribution < 1.29 is 9.18 Å². The summed E-state index contributed by atoms with van der Waals surface area (Å²) < 4.78 is 14.0. The lowest BCUT2D eigenvalue weighted by atomic mass is 10.1. The molecule has 2 atom stereocenters. The Kier molecular flexibility index (Phi) is 6.47. The van der Waals surface area contributed by atoms with Gasteiger partial charge in [-0.15, -0.1) is 0 Å². The molecule has 0 aromatic heterocycles. The third-order valence-corrected chi connectivity index (χ3v) is 4.76. The first-order valence-electron chi connectivity index (χ1n) is 8.07. The van der Waals surface area contributed by atoms with Crippen molar-refractivity contribution in [3.63, 3.8) is 0 Å². The van der Waals surface area contributed by atoms with Gasteiger partial charge in [0.1, 0.15) is 0 Å². The predicted octanol–water partition coefficient (Wildman–Crippen LogP) is 5.67. The topological polar surface area (TPSA) is 29.1 Å². The first-order valence-corrected chi connectivity index (χ1v) is 8.83. The van der Waals surface area contributed by atoms with E-state index in [0.29, 0.717) is 34.0 Å². The van der Waals surface area contributed by atoms with E-state index in [1.807, 2.05) is 32.1 Å². The quantitative estimate of drug-likeness (QED) is 0.507. The molecule has 2 rings (SSSR count). The number of nitrogens with one attached hydrogen (secondary N) is 1. The molecule has 1 aromatic rings. The van der Waals surface area contributed by atoms with Gasteiger partial charge in [-0.3, -0.25) is 4.79 Å². The molecule has 2 nitrogen and oxygen atoms in total. The van der Waals surface area contributed by atoms with Crippen LogP contribution in [-0.2, 0) is 4.79 Å². The molecule has 1 aromatic carbocycles. The van der Waals surface area contributed by atoms with E-state index in [1.54, 1.807) is 19.1 Å². The lowest BCUT2D eigenvalue weighted by Gasteiger charge is -2.06. The summed E-state index contributed by atoms with van der Waals surface area (Å²) >= 11 is 12.0. The number of hydrogen-bond donors (Lipinski definition) is 1. The van der Waals surface area contributed by atoms with Gasteiger partial charge < -0.3 is 5.32 Å². The average molecular weight is 370 g/mol. The van der Waals surface area contributed by atoms with Crippen LogP contribution in [0, 0.1) is 11.8 Å². The predicted molar refractivity (Wildman–Crippen MR) is 98.1 cm³/mol. The molecular weight excluding hydrogens is 348 g/mol. The fraction of sp³-hybridized carbons (Fsp3) is 0.421. The van der Waals surface area contributed by atoms with Crippen molar-refractivity contribution in [1.29, 1.82) is 0 Å². The summed E-state index contributed by atoms with van der Waals surface area (Å²) in [5.74, 6) is -0.372. The highest BCUT2D eigenvalue weighted by Gasteiger charge is 2.36. The molecule has 1 amide bonds. The van der Waals surface area contributed by atoms with Gasteiger partial charge in [0.25, 0.3) is 5.91 Å². The zero-order valence-electron chi connectivity index (χ0n) is 14.1. The molecule has 0 aliphatic heterocycles. The van der Waals surface area contributed by atoms with Gasteiger partial charge in [0.15, 0.2) is 5.83 Å². The van der Waals surface area contributed by atoms with Crippen LogP contribution in [0.25, 0.3) is 0 Å². The highest BCUT2D eigenvalue weighted by atomic mass is 35.5. The molecule has 0 saturated heterocycles. The van der Waals surface area contributed by atoms with Crippen LogP contribution in [0.3, 0.4) is 0 Å². The van der Waals surface area contributed by atoms with E-state index in [-0.39, 0.29) is 5.92 Å². The molecule has 1 aliphatic carbocycles. The Morgan fingerprint density at radius 2 is 2.08 bits per heavy atom. The second kappa shape index (κ2) is 8.17. The number of amides is 1. The molecule has 1 fully saturated rings. The smallest absolute Gasteiger partial charge is 0.280 e. The van der Waals surface area contributed by atoms with Crippen molar-refractivity contribution in [3.05, 3.63) is 57.4 Å². The molecule has 0 bridgehead atoms. The fourth-order valence-electron chi connectivity index (χ4n) is 2.45. The van der Waals surface area contributed by atoms with Crippen LogP contribution in [0.4, 0.5) is 4.39 Å². The van der Waals surface area contributed by atoms with Crippen LogP contribution in [-0.4, -0.2) is 12.5 Å². The molecule has 5 heteroatoms. The van der Waals surface area contributed by atoms with E-state index in [9.17, 15) is 9.18 Å². The summed E-state index contributed by atoms with van der Waals surface area (Å²) in [5, 5.41) is 3.67. The maximum atomic E-state index is 14.0. The van der Waals surface area contributed by atoms with Gasteiger partial charge in [0.05, 0.1) is 10.0 Å². The van der Waals surface area contributed by atoms with Gasteiger partial charge in [0.2, 0.25) is 0 Å². The Bertz CT molecular complexity index is 682.